The van der Waals surface area contributed by atoms with Gasteiger partial charge in [0, 0.05) is 5.41 Å². The molecule has 24 heavy (non-hydrogen) atoms. The number of aliphatic carboxylic acids is 1. The molecule has 6 nitrogen and oxygen atoms in total. The van der Waals surface area contributed by atoms with Gasteiger partial charge in [0.25, 0.3) is 0 Å². The summed E-state index contributed by atoms with van der Waals surface area (Å²) in [5.41, 5.74) is 1.43. The quantitative estimate of drug-likeness (QED) is 0.907. The predicted molar refractivity (Wildman–Crippen MR) is 85.6 cm³/mol. The smallest absolute Gasteiger partial charge is 0.307 e. The largest absolute Gasteiger partial charge is 0.489 e. The van der Waals surface area contributed by atoms with Crippen LogP contribution in [-0.2, 0) is 10.2 Å². The average molecular weight is 323 g/mol. The third kappa shape index (κ3) is 2.81. The SMILES string of the molecule is Cc1ncc(OCC2(c3cccc(C#N)c3)CC2C(=O)O)c(C)n1. The van der Waals surface area contributed by atoms with Gasteiger partial charge in [-0.05, 0) is 38.0 Å². The van der Waals surface area contributed by atoms with Crippen molar-refractivity contribution < 1.29 is 14.6 Å². The minimum Gasteiger partial charge on any atom is -0.489 e. The van der Waals surface area contributed by atoms with Crippen LogP contribution >= 0.6 is 0 Å². The molecule has 0 spiro atoms. The zero-order valence-corrected chi connectivity index (χ0v) is 13.5. The van der Waals surface area contributed by atoms with Crippen molar-refractivity contribution in [3.05, 3.63) is 53.1 Å². The summed E-state index contributed by atoms with van der Waals surface area (Å²) < 4.78 is 5.86. The number of carbonyl (C=O) groups is 1. The lowest BCUT2D eigenvalue weighted by Gasteiger charge is -2.19. The van der Waals surface area contributed by atoms with Crippen LogP contribution < -0.4 is 4.74 Å². The first kappa shape index (κ1) is 15.9. The van der Waals surface area contributed by atoms with Crippen LogP contribution in [0.5, 0.6) is 5.75 Å². The Morgan fingerprint density at radius 2 is 2.29 bits per heavy atom. The molecule has 1 aliphatic rings. The Bertz CT molecular complexity index is 844. The molecule has 122 valence electrons. The van der Waals surface area contributed by atoms with E-state index in [1.165, 1.54) is 0 Å². The van der Waals surface area contributed by atoms with Crippen LogP contribution in [0.15, 0.2) is 30.5 Å². The van der Waals surface area contributed by atoms with Gasteiger partial charge in [0.1, 0.15) is 5.82 Å². The van der Waals surface area contributed by atoms with Crippen molar-refractivity contribution in [1.82, 2.24) is 9.97 Å². The minimum atomic E-state index is -0.849. The van der Waals surface area contributed by atoms with Gasteiger partial charge in [0.2, 0.25) is 0 Å². The number of benzene rings is 1. The monoisotopic (exact) mass is 323 g/mol. The fraction of sp³-hybridized carbons (Fsp3) is 0.333. The Labute approximate surface area is 139 Å². The molecule has 1 N–H and O–H groups in total. The first-order chi connectivity index (χ1) is 11.5. The molecule has 6 heteroatoms. The van der Waals surface area contributed by atoms with Gasteiger partial charge in [-0.25, -0.2) is 9.97 Å². The van der Waals surface area contributed by atoms with E-state index in [-0.39, 0.29) is 6.61 Å². The normalized spacial score (nSPS) is 21.8. The van der Waals surface area contributed by atoms with Crippen molar-refractivity contribution in [2.24, 2.45) is 5.92 Å². The highest BCUT2D eigenvalue weighted by Crippen LogP contribution is 2.54. The second-order valence-electron chi connectivity index (χ2n) is 6.10. The van der Waals surface area contributed by atoms with Crippen molar-refractivity contribution >= 4 is 5.97 Å². The van der Waals surface area contributed by atoms with E-state index in [2.05, 4.69) is 16.0 Å². The van der Waals surface area contributed by atoms with E-state index in [1.54, 1.807) is 31.3 Å². The van der Waals surface area contributed by atoms with E-state index in [4.69, 9.17) is 10.00 Å². The van der Waals surface area contributed by atoms with E-state index in [1.807, 2.05) is 13.0 Å². The molecule has 0 saturated heterocycles. The number of hydrogen-bond donors (Lipinski definition) is 1. The number of nitriles is 1. The second-order valence-corrected chi connectivity index (χ2v) is 6.10. The lowest BCUT2D eigenvalue weighted by molar-refractivity contribution is -0.139. The summed E-state index contributed by atoms with van der Waals surface area (Å²) in [6.45, 7) is 3.84. The second kappa shape index (κ2) is 5.93. The molecule has 2 aromatic rings. The third-order valence-corrected chi connectivity index (χ3v) is 4.48. The van der Waals surface area contributed by atoms with Gasteiger partial charge in [-0.15, -0.1) is 0 Å². The van der Waals surface area contributed by atoms with E-state index in [0.717, 1.165) is 11.3 Å². The maximum absolute atomic E-state index is 11.5. The number of carboxylic acid groups (broad SMARTS) is 1. The topological polar surface area (TPSA) is 96.1 Å². The van der Waals surface area contributed by atoms with Gasteiger partial charge in [-0.1, -0.05) is 12.1 Å². The van der Waals surface area contributed by atoms with Gasteiger partial charge in [0.15, 0.2) is 5.75 Å². The number of aromatic nitrogens is 2. The van der Waals surface area contributed by atoms with Crippen molar-refractivity contribution in [1.29, 1.82) is 5.26 Å². The van der Waals surface area contributed by atoms with Gasteiger partial charge < -0.3 is 9.84 Å². The van der Waals surface area contributed by atoms with Crippen molar-refractivity contribution in [2.45, 2.75) is 25.7 Å². The van der Waals surface area contributed by atoms with Crippen LogP contribution in [0.3, 0.4) is 0 Å². The maximum atomic E-state index is 11.5. The fourth-order valence-corrected chi connectivity index (χ4v) is 3.01. The summed E-state index contributed by atoms with van der Waals surface area (Å²) in [6, 6.07) is 9.16. The van der Waals surface area contributed by atoms with Crippen molar-refractivity contribution in [2.75, 3.05) is 6.61 Å². The molecule has 0 bridgehead atoms. The zero-order valence-electron chi connectivity index (χ0n) is 13.5. The van der Waals surface area contributed by atoms with Crippen LogP contribution in [0, 0.1) is 31.1 Å². The molecule has 0 radical (unpaired) electrons. The standard InChI is InChI=1S/C18H17N3O3/c1-11-16(9-20-12(2)21-11)24-10-18(7-15(18)17(22)23)14-5-3-4-13(6-14)8-19/h3-6,9,15H,7,10H2,1-2H3,(H,22,23). The summed E-state index contributed by atoms with van der Waals surface area (Å²) in [4.78, 5) is 19.9. The molecule has 1 aromatic carbocycles. The number of aryl methyl sites for hydroxylation is 2. The lowest BCUT2D eigenvalue weighted by atomic mass is 9.92. The number of nitrogens with zero attached hydrogens (tertiary/aromatic N) is 3. The van der Waals surface area contributed by atoms with Crippen molar-refractivity contribution in [3.63, 3.8) is 0 Å². The van der Waals surface area contributed by atoms with E-state index < -0.39 is 17.3 Å². The van der Waals surface area contributed by atoms with Crippen LogP contribution in [0.25, 0.3) is 0 Å². The first-order valence-corrected chi connectivity index (χ1v) is 7.63. The van der Waals surface area contributed by atoms with Crippen LogP contribution in [0.2, 0.25) is 0 Å². The highest BCUT2D eigenvalue weighted by atomic mass is 16.5. The summed E-state index contributed by atoms with van der Waals surface area (Å²) in [5, 5.41) is 18.5. The molecule has 0 amide bonds. The number of carboxylic acids is 1. The molecule has 1 saturated carbocycles. The number of ether oxygens (including phenoxy) is 1. The van der Waals surface area contributed by atoms with Crippen LogP contribution in [-0.4, -0.2) is 27.7 Å². The van der Waals surface area contributed by atoms with Crippen molar-refractivity contribution in [3.8, 4) is 11.8 Å². The molecular formula is C18H17N3O3. The Morgan fingerprint density at radius 1 is 1.50 bits per heavy atom. The Hall–Kier alpha value is -2.94. The van der Waals surface area contributed by atoms with Gasteiger partial charge in [-0.3, -0.25) is 4.79 Å². The van der Waals surface area contributed by atoms with Crippen LogP contribution in [0.4, 0.5) is 0 Å². The Kier molecular flexibility index (Phi) is 3.94. The minimum absolute atomic E-state index is 0.214. The molecule has 2 atom stereocenters. The molecule has 1 aromatic heterocycles. The van der Waals surface area contributed by atoms with Crippen LogP contribution in [0.1, 0.15) is 29.1 Å². The summed E-state index contributed by atoms with van der Waals surface area (Å²) in [5.74, 6) is -0.158. The number of hydrogen-bond acceptors (Lipinski definition) is 5. The molecule has 1 aliphatic carbocycles. The molecule has 3 rings (SSSR count). The fourth-order valence-electron chi connectivity index (χ4n) is 3.01. The summed E-state index contributed by atoms with van der Waals surface area (Å²) >= 11 is 0. The van der Waals surface area contributed by atoms with E-state index in [0.29, 0.717) is 23.6 Å². The molecule has 1 fully saturated rings. The summed E-state index contributed by atoms with van der Waals surface area (Å²) in [6.07, 6.45) is 2.10. The van der Waals surface area contributed by atoms with E-state index in [9.17, 15) is 9.90 Å². The van der Waals surface area contributed by atoms with Gasteiger partial charge in [-0.2, -0.15) is 5.26 Å². The molecule has 2 unspecified atom stereocenters. The third-order valence-electron chi connectivity index (χ3n) is 4.48. The predicted octanol–water partition coefficient (Wildman–Crippen LogP) is 2.39. The number of rotatable bonds is 5. The first-order valence-electron chi connectivity index (χ1n) is 7.63. The van der Waals surface area contributed by atoms with E-state index >= 15 is 0 Å². The maximum Gasteiger partial charge on any atom is 0.307 e. The van der Waals surface area contributed by atoms with Gasteiger partial charge >= 0.3 is 5.97 Å². The average Bonchev–Trinajstić information content (AvgIpc) is 3.30. The Balaban J connectivity index is 1.88. The molecule has 0 aliphatic heterocycles. The highest BCUT2D eigenvalue weighted by molar-refractivity contribution is 5.77. The van der Waals surface area contributed by atoms with Gasteiger partial charge in [0.05, 0.1) is 36.0 Å². The lowest BCUT2D eigenvalue weighted by Crippen LogP contribution is -2.24. The molecular weight excluding hydrogens is 306 g/mol. The zero-order chi connectivity index (χ0) is 17.3. The Morgan fingerprint density at radius 3 is 2.92 bits per heavy atom. The highest BCUT2D eigenvalue weighted by Gasteiger charge is 2.60. The molecule has 1 heterocycles. The summed E-state index contributed by atoms with van der Waals surface area (Å²) in [7, 11) is 0.